The monoisotopic (exact) mass is 273 g/mol. The van der Waals surface area contributed by atoms with E-state index in [2.05, 4.69) is 47.5 Å². The highest BCUT2D eigenvalue weighted by atomic mass is 16.5. The van der Waals surface area contributed by atoms with E-state index in [9.17, 15) is 5.11 Å². The lowest BCUT2D eigenvalue weighted by Crippen LogP contribution is -2.15. The number of benzene rings is 1. The van der Waals surface area contributed by atoms with Crippen molar-refractivity contribution >= 4 is 0 Å². The Labute approximate surface area is 118 Å². The molecule has 1 unspecified atom stereocenters. The number of aryl methyl sites for hydroxylation is 2. The van der Waals surface area contributed by atoms with Crippen molar-refractivity contribution in [2.24, 2.45) is 0 Å². The first kappa shape index (κ1) is 13.3. The summed E-state index contributed by atoms with van der Waals surface area (Å²) in [6.07, 6.45) is 0.974. The summed E-state index contributed by atoms with van der Waals surface area (Å²) in [4.78, 5) is 4.43. The molecule has 0 saturated carbocycles. The molecule has 2 aromatic rings. The van der Waals surface area contributed by atoms with E-state index in [-0.39, 0.29) is 12.1 Å². The number of rotatable bonds is 3. The molecule has 1 aromatic heterocycles. The van der Waals surface area contributed by atoms with Gasteiger partial charge in [-0.15, -0.1) is 0 Å². The second-order valence-electron chi connectivity index (χ2n) is 5.57. The van der Waals surface area contributed by atoms with E-state index in [1.54, 1.807) is 0 Å². The number of β-amino-alcohol motifs (C(OH)–C–C–N with tert-alkyl or cyclic N) is 1. The Morgan fingerprint density at radius 2 is 2.05 bits per heavy atom. The summed E-state index contributed by atoms with van der Waals surface area (Å²) in [5.74, 6) is 1.26. The highest BCUT2D eigenvalue weighted by Gasteiger charge is 2.28. The largest absolute Gasteiger partial charge is 0.392 e. The van der Waals surface area contributed by atoms with Gasteiger partial charge in [-0.25, -0.2) is 0 Å². The fourth-order valence-corrected chi connectivity index (χ4v) is 2.74. The standard InChI is InChI=1S/C15H19N3O2/c1-9-3-10(2)5-11(4-9)6-14-17-15(20-18-14)13-7-12(19)8-16-13/h3-5,12-13,16,19H,6-8H2,1-2H3/t12?,13-/m0/s1. The number of aromatic nitrogens is 2. The highest BCUT2D eigenvalue weighted by molar-refractivity contribution is 5.30. The van der Waals surface area contributed by atoms with E-state index >= 15 is 0 Å². The fourth-order valence-electron chi connectivity index (χ4n) is 2.74. The van der Waals surface area contributed by atoms with Gasteiger partial charge in [0, 0.05) is 13.0 Å². The van der Waals surface area contributed by atoms with Crippen molar-refractivity contribution < 1.29 is 9.63 Å². The average Bonchev–Trinajstić information content (AvgIpc) is 2.96. The predicted molar refractivity (Wildman–Crippen MR) is 74.4 cm³/mol. The van der Waals surface area contributed by atoms with Gasteiger partial charge in [-0.3, -0.25) is 0 Å². The summed E-state index contributed by atoms with van der Waals surface area (Å²) in [5.41, 5.74) is 3.67. The van der Waals surface area contributed by atoms with Crippen molar-refractivity contribution in [2.75, 3.05) is 6.54 Å². The zero-order valence-corrected chi connectivity index (χ0v) is 11.8. The normalized spacial score (nSPS) is 22.4. The molecule has 0 spiro atoms. The zero-order valence-electron chi connectivity index (χ0n) is 11.8. The van der Waals surface area contributed by atoms with Crippen LogP contribution in [0.2, 0.25) is 0 Å². The summed E-state index contributed by atoms with van der Waals surface area (Å²) in [7, 11) is 0. The summed E-state index contributed by atoms with van der Waals surface area (Å²) in [6, 6.07) is 6.40. The number of nitrogens with one attached hydrogen (secondary N) is 1. The van der Waals surface area contributed by atoms with Gasteiger partial charge in [0.2, 0.25) is 5.89 Å². The van der Waals surface area contributed by atoms with Crippen LogP contribution in [-0.4, -0.2) is 27.9 Å². The molecule has 1 fully saturated rings. The Balaban J connectivity index is 1.73. The Morgan fingerprint density at radius 3 is 2.70 bits per heavy atom. The molecule has 1 aliphatic heterocycles. The molecule has 3 rings (SSSR count). The molecule has 0 aliphatic carbocycles. The Kier molecular flexibility index (Phi) is 3.54. The molecule has 0 radical (unpaired) electrons. The van der Waals surface area contributed by atoms with Crippen LogP contribution >= 0.6 is 0 Å². The minimum atomic E-state index is -0.324. The third kappa shape index (κ3) is 2.89. The Bertz CT molecular complexity index is 589. The molecule has 5 heteroatoms. The van der Waals surface area contributed by atoms with E-state index in [1.165, 1.54) is 16.7 Å². The van der Waals surface area contributed by atoms with Crippen molar-refractivity contribution in [3.8, 4) is 0 Å². The predicted octanol–water partition coefficient (Wildman–Crippen LogP) is 1.67. The van der Waals surface area contributed by atoms with Crippen molar-refractivity contribution in [1.82, 2.24) is 15.5 Å². The minimum Gasteiger partial charge on any atom is -0.392 e. The molecule has 106 valence electrons. The maximum atomic E-state index is 9.51. The maximum Gasteiger partial charge on any atom is 0.243 e. The fraction of sp³-hybridized carbons (Fsp3) is 0.467. The smallest absolute Gasteiger partial charge is 0.243 e. The molecule has 2 heterocycles. The second-order valence-corrected chi connectivity index (χ2v) is 5.57. The lowest BCUT2D eigenvalue weighted by Gasteiger charge is -2.02. The number of hydrogen-bond acceptors (Lipinski definition) is 5. The SMILES string of the molecule is Cc1cc(C)cc(Cc2noc([C@@H]3CC(O)CN3)n2)c1. The van der Waals surface area contributed by atoms with Crippen molar-refractivity contribution in [1.29, 1.82) is 0 Å². The number of hydrogen-bond donors (Lipinski definition) is 2. The average molecular weight is 273 g/mol. The van der Waals surface area contributed by atoms with Crippen LogP contribution < -0.4 is 5.32 Å². The van der Waals surface area contributed by atoms with Crippen LogP contribution in [0.4, 0.5) is 0 Å². The molecule has 5 nitrogen and oxygen atoms in total. The summed E-state index contributed by atoms with van der Waals surface area (Å²) < 4.78 is 5.29. The van der Waals surface area contributed by atoms with E-state index in [0.717, 1.165) is 0 Å². The third-order valence-electron chi connectivity index (χ3n) is 3.53. The van der Waals surface area contributed by atoms with Crippen molar-refractivity contribution in [3.63, 3.8) is 0 Å². The van der Waals surface area contributed by atoms with Crippen LogP contribution in [0.3, 0.4) is 0 Å². The first-order chi connectivity index (χ1) is 9.60. The van der Waals surface area contributed by atoms with Gasteiger partial charge >= 0.3 is 0 Å². The number of aliphatic hydroxyl groups excluding tert-OH is 1. The van der Waals surface area contributed by atoms with Gasteiger partial charge in [0.1, 0.15) is 0 Å². The van der Waals surface area contributed by atoms with Crippen LogP contribution in [0.15, 0.2) is 22.7 Å². The zero-order chi connectivity index (χ0) is 14.1. The van der Waals surface area contributed by atoms with Crippen LogP contribution in [0.25, 0.3) is 0 Å². The lowest BCUT2D eigenvalue weighted by atomic mass is 10.1. The lowest BCUT2D eigenvalue weighted by molar-refractivity contribution is 0.191. The molecule has 2 atom stereocenters. The van der Waals surface area contributed by atoms with Gasteiger partial charge in [-0.1, -0.05) is 34.5 Å². The van der Waals surface area contributed by atoms with E-state index in [4.69, 9.17) is 4.52 Å². The van der Waals surface area contributed by atoms with E-state index in [0.29, 0.717) is 31.1 Å². The molecule has 1 aromatic carbocycles. The van der Waals surface area contributed by atoms with Gasteiger partial charge < -0.3 is 14.9 Å². The molecule has 1 saturated heterocycles. The van der Waals surface area contributed by atoms with Gasteiger partial charge in [0.15, 0.2) is 5.82 Å². The number of nitrogens with zero attached hydrogens (tertiary/aromatic N) is 2. The first-order valence-corrected chi connectivity index (χ1v) is 6.91. The minimum absolute atomic E-state index is 0.0227. The maximum absolute atomic E-state index is 9.51. The summed E-state index contributed by atoms with van der Waals surface area (Å²) in [5, 5.41) is 16.7. The highest BCUT2D eigenvalue weighted by Crippen LogP contribution is 2.22. The van der Waals surface area contributed by atoms with Gasteiger partial charge in [0.05, 0.1) is 12.1 Å². The molecular weight excluding hydrogens is 254 g/mol. The Morgan fingerprint density at radius 1 is 1.30 bits per heavy atom. The molecule has 0 bridgehead atoms. The third-order valence-corrected chi connectivity index (χ3v) is 3.53. The van der Waals surface area contributed by atoms with Crippen LogP contribution in [-0.2, 0) is 6.42 Å². The van der Waals surface area contributed by atoms with Gasteiger partial charge in [-0.2, -0.15) is 4.98 Å². The van der Waals surface area contributed by atoms with E-state index in [1.807, 2.05) is 0 Å². The van der Waals surface area contributed by atoms with Crippen LogP contribution in [0.1, 0.15) is 40.9 Å². The molecule has 20 heavy (non-hydrogen) atoms. The van der Waals surface area contributed by atoms with Gasteiger partial charge in [-0.05, 0) is 25.8 Å². The van der Waals surface area contributed by atoms with Crippen molar-refractivity contribution in [2.45, 2.75) is 38.8 Å². The summed E-state index contributed by atoms with van der Waals surface area (Å²) >= 11 is 0. The number of aliphatic hydroxyl groups is 1. The van der Waals surface area contributed by atoms with Crippen LogP contribution in [0, 0.1) is 13.8 Å². The molecular formula is C15H19N3O2. The Hall–Kier alpha value is -1.72. The first-order valence-electron chi connectivity index (χ1n) is 6.91. The molecule has 1 aliphatic rings. The quantitative estimate of drug-likeness (QED) is 0.890. The summed E-state index contributed by atoms with van der Waals surface area (Å²) in [6.45, 7) is 4.75. The van der Waals surface area contributed by atoms with Crippen LogP contribution in [0.5, 0.6) is 0 Å². The van der Waals surface area contributed by atoms with Gasteiger partial charge in [0.25, 0.3) is 0 Å². The topological polar surface area (TPSA) is 71.2 Å². The van der Waals surface area contributed by atoms with E-state index < -0.39 is 0 Å². The second kappa shape index (κ2) is 5.34. The van der Waals surface area contributed by atoms with Crippen molar-refractivity contribution in [3.05, 3.63) is 46.6 Å². The molecule has 0 amide bonds. The molecule has 2 N–H and O–H groups in total.